The summed E-state index contributed by atoms with van der Waals surface area (Å²) in [4.78, 5) is 9.88. The summed E-state index contributed by atoms with van der Waals surface area (Å²) in [7, 11) is 0. The summed E-state index contributed by atoms with van der Waals surface area (Å²) in [5.41, 5.74) is 10.0. The lowest BCUT2D eigenvalue weighted by molar-refractivity contribution is 1.22. The van der Waals surface area contributed by atoms with Gasteiger partial charge in [0.1, 0.15) is 0 Å². The van der Waals surface area contributed by atoms with Gasteiger partial charge in [-0.25, -0.2) is 4.98 Å². The average molecular weight is 553 g/mol. The number of rotatable bonds is 7. The first-order valence-corrected chi connectivity index (χ1v) is 15.0. The molecular formula is C41H32N2. The number of hydrogen-bond acceptors (Lipinski definition) is 2. The number of hydrogen-bond donors (Lipinski definition) is 0. The Morgan fingerprint density at radius 2 is 1.33 bits per heavy atom. The van der Waals surface area contributed by atoms with Crippen LogP contribution in [0, 0.1) is 0 Å². The van der Waals surface area contributed by atoms with Gasteiger partial charge in [-0.3, -0.25) is 4.98 Å². The van der Waals surface area contributed by atoms with Crippen molar-refractivity contribution in [1.82, 2.24) is 9.97 Å². The minimum atomic E-state index is 0.870. The highest BCUT2D eigenvalue weighted by Gasteiger charge is 2.12. The molecule has 0 saturated heterocycles. The lowest BCUT2D eigenvalue weighted by Gasteiger charge is -2.13. The van der Waals surface area contributed by atoms with Gasteiger partial charge in [-0.2, -0.15) is 0 Å². The zero-order chi connectivity index (χ0) is 29.0. The smallest absolute Gasteiger partial charge is 0.0780 e. The first-order chi connectivity index (χ1) is 21.3. The Kier molecular flexibility index (Phi) is 7.33. The largest absolute Gasteiger partial charge is 0.256 e. The molecule has 2 heterocycles. The Bertz CT molecular complexity index is 2130. The highest BCUT2D eigenvalue weighted by Crippen LogP contribution is 2.35. The summed E-state index contributed by atoms with van der Waals surface area (Å²) in [6.45, 7) is 2.15. The molecule has 0 saturated carbocycles. The maximum Gasteiger partial charge on any atom is 0.0780 e. The van der Waals surface area contributed by atoms with Gasteiger partial charge in [-0.05, 0) is 70.1 Å². The Hall–Kier alpha value is -5.34. The molecule has 0 aliphatic rings. The van der Waals surface area contributed by atoms with E-state index in [9.17, 15) is 0 Å². The molecule has 5 aromatic carbocycles. The molecule has 0 N–H and O–H groups in total. The number of nitrogens with zero attached hydrogens (tertiary/aromatic N) is 2. The lowest BCUT2D eigenvalue weighted by Crippen LogP contribution is -1.92. The van der Waals surface area contributed by atoms with Crippen molar-refractivity contribution in [2.75, 3.05) is 0 Å². The van der Waals surface area contributed by atoms with Crippen LogP contribution in [0.5, 0.6) is 0 Å². The number of benzene rings is 5. The Balaban J connectivity index is 1.33. The first-order valence-electron chi connectivity index (χ1n) is 15.0. The van der Waals surface area contributed by atoms with Crippen LogP contribution in [0.1, 0.15) is 18.9 Å². The van der Waals surface area contributed by atoms with Gasteiger partial charge < -0.3 is 0 Å². The summed E-state index contributed by atoms with van der Waals surface area (Å²) in [6, 6.07) is 43.4. The molecule has 7 rings (SSSR count). The molecule has 0 bridgehead atoms. The van der Waals surface area contributed by atoms with E-state index in [1.165, 1.54) is 27.5 Å². The molecule has 0 fully saturated rings. The third kappa shape index (κ3) is 5.48. The fourth-order valence-corrected chi connectivity index (χ4v) is 5.80. The topological polar surface area (TPSA) is 25.8 Å². The van der Waals surface area contributed by atoms with E-state index < -0.39 is 0 Å². The number of allylic oxidation sites excluding steroid dienone is 4. The first kappa shape index (κ1) is 26.6. The molecular weight excluding hydrogens is 520 g/mol. The maximum absolute atomic E-state index is 5.21. The van der Waals surface area contributed by atoms with Crippen LogP contribution in [0.25, 0.3) is 66.1 Å². The van der Waals surface area contributed by atoms with Crippen LogP contribution in [-0.2, 0) is 6.42 Å². The Morgan fingerprint density at radius 3 is 2.19 bits per heavy atom. The third-order valence-electron chi connectivity index (χ3n) is 8.03. The normalized spacial score (nSPS) is 11.8. The third-order valence-corrected chi connectivity index (χ3v) is 8.03. The number of aromatic nitrogens is 2. The molecule has 0 atom stereocenters. The fourth-order valence-electron chi connectivity index (χ4n) is 5.80. The van der Waals surface area contributed by atoms with Crippen LogP contribution in [0.15, 0.2) is 152 Å². The SMILES string of the molecule is CC/C=C\C=C/Cc1ccc2c(-c3ccc(-c4cccc5cccnc45)cc3)cc(-c3ccc4ccccc4c3)nc2c1. The second kappa shape index (κ2) is 11.9. The van der Waals surface area contributed by atoms with Gasteiger partial charge in [-0.1, -0.05) is 128 Å². The molecule has 2 heteroatoms. The Morgan fingerprint density at radius 1 is 0.581 bits per heavy atom. The van der Waals surface area contributed by atoms with Crippen LogP contribution in [0.2, 0.25) is 0 Å². The van der Waals surface area contributed by atoms with Crippen molar-refractivity contribution < 1.29 is 0 Å². The summed E-state index contributed by atoms with van der Waals surface area (Å²) < 4.78 is 0. The molecule has 0 aliphatic heterocycles. The second-order valence-electron chi connectivity index (χ2n) is 10.9. The molecule has 2 nitrogen and oxygen atoms in total. The highest BCUT2D eigenvalue weighted by molar-refractivity contribution is 5.99. The molecule has 7 aromatic rings. The standard InChI is InChI=1S/C41H32N2/c1-2-3-4-5-6-11-29-17-24-37-38(28-39(43-40(37)26-29)35-23-18-30-12-7-8-13-34(30)27-35)32-21-19-31(20-22-32)36-16-9-14-33-15-10-25-42-41(33)36/h3-10,12-28H,2,11H2,1H3/b4-3-,6-5-. The fraction of sp³-hybridized carbons (Fsp3) is 0.0732. The van der Waals surface area contributed by atoms with Gasteiger partial charge in [0.25, 0.3) is 0 Å². The average Bonchev–Trinajstić information content (AvgIpc) is 3.07. The zero-order valence-electron chi connectivity index (χ0n) is 24.2. The molecule has 0 amide bonds. The molecule has 0 aliphatic carbocycles. The van der Waals surface area contributed by atoms with Crippen LogP contribution in [0.4, 0.5) is 0 Å². The van der Waals surface area contributed by atoms with Crippen molar-refractivity contribution in [1.29, 1.82) is 0 Å². The quantitative estimate of drug-likeness (QED) is 0.184. The number of para-hydroxylation sites is 1. The number of fused-ring (bicyclic) bond motifs is 3. The van der Waals surface area contributed by atoms with Crippen molar-refractivity contribution in [2.45, 2.75) is 19.8 Å². The van der Waals surface area contributed by atoms with E-state index in [-0.39, 0.29) is 0 Å². The highest BCUT2D eigenvalue weighted by atomic mass is 14.7. The van der Waals surface area contributed by atoms with Crippen LogP contribution < -0.4 is 0 Å². The zero-order valence-corrected chi connectivity index (χ0v) is 24.2. The Labute approximate surface area is 252 Å². The minimum absolute atomic E-state index is 0.870. The van der Waals surface area contributed by atoms with Crippen molar-refractivity contribution in [3.05, 3.63) is 157 Å². The van der Waals surface area contributed by atoms with Crippen molar-refractivity contribution >= 4 is 32.6 Å². The van der Waals surface area contributed by atoms with Gasteiger partial charge in [0.15, 0.2) is 0 Å². The molecule has 0 radical (unpaired) electrons. The predicted molar refractivity (Wildman–Crippen MR) is 183 cm³/mol. The lowest BCUT2D eigenvalue weighted by atomic mass is 9.94. The predicted octanol–water partition coefficient (Wildman–Crippen LogP) is 11.0. The summed E-state index contributed by atoms with van der Waals surface area (Å²) >= 11 is 0. The van der Waals surface area contributed by atoms with Gasteiger partial charge in [0.2, 0.25) is 0 Å². The molecule has 206 valence electrons. The van der Waals surface area contributed by atoms with Crippen molar-refractivity contribution in [2.24, 2.45) is 0 Å². The molecule has 2 aromatic heterocycles. The summed E-state index contributed by atoms with van der Waals surface area (Å²) in [6.07, 6.45) is 12.4. The van der Waals surface area contributed by atoms with E-state index in [4.69, 9.17) is 4.98 Å². The van der Waals surface area contributed by atoms with E-state index in [0.29, 0.717) is 0 Å². The monoisotopic (exact) mass is 552 g/mol. The van der Waals surface area contributed by atoms with Crippen LogP contribution in [-0.4, -0.2) is 9.97 Å². The van der Waals surface area contributed by atoms with Crippen molar-refractivity contribution in [3.8, 4) is 33.5 Å². The van der Waals surface area contributed by atoms with Crippen LogP contribution >= 0.6 is 0 Å². The maximum atomic E-state index is 5.21. The molecule has 43 heavy (non-hydrogen) atoms. The van der Waals surface area contributed by atoms with Gasteiger partial charge >= 0.3 is 0 Å². The van der Waals surface area contributed by atoms with Gasteiger partial charge in [0.05, 0.1) is 16.7 Å². The van der Waals surface area contributed by atoms with E-state index in [0.717, 1.165) is 57.0 Å². The molecule has 0 spiro atoms. The van der Waals surface area contributed by atoms with E-state index in [1.54, 1.807) is 0 Å². The van der Waals surface area contributed by atoms with E-state index in [2.05, 4.69) is 151 Å². The van der Waals surface area contributed by atoms with Crippen molar-refractivity contribution in [3.63, 3.8) is 0 Å². The summed E-state index contributed by atoms with van der Waals surface area (Å²) in [5.74, 6) is 0. The number of pyridine rings is 2. The second-order valence-corrected chi connectivity index (χ2v) is 10.9. The van der Waals surface area contributed by atoms with E-state index >= 15 is 0 Å². The summed E-state index contributed by atoms with van der Waals surface area (Å²) in [5, 5.41) is 4.76. The molecule has 0 unspecified atom stereocenters. The van der Waals surface area contributed by atoms with Gasteiger partial charge in [-0.15, -0.1) is 0 Å². The minimum Gasteiger partial charge on any atom is -0.256 e. The van der Waals surface area contributed by atoms with Gasteiger partial charge in [0, 0.05) is 28.1 Å². The van der Waals surface area contributed by atoms with Crippen LogP contribution in [0.3, 0.4) is 0 Å². The van der Waals surface area contributed by atoms with E-state index in [1.807, 2.05) is 12.3 Å².